The molecule has 2 heterocycles. The van der Waals surface area contributed by atoms with Crippen molar-refractivity contribution >= 4 is 18.4 Å². The van der Waals surface area contributed by atoms with Crippen LogP contribution in [-0.2, 0) is 0 Å². The molecule has 0 fully saturated rings. The second-order valence-corrected chi connectivity index (χ2v) is 4.52. The van der Waals surface area contributed by atoms with Gasteiger partial charge in [-0.15, -0.1) is 5.10 Å². The van der Waals surface area contributed by atoms with Gasteiger partial charge in [-0.2, -0.15) is 9.78 Å². The summed E-state index contributed by atoms with van der Waals surface area (Å²) >= 11 is 5.10. The number of benzene rings is 1. The van der Waals surface area contributed by atoms with Crippen LogP contribution < -0.4 is 0 Å². The maximum absolute atomic E-state index is 9.71. The van der Waals surface area contributed by atoms with E-state index in [2.05, 4.69) is 15.3 Å². The number of aromatic hydroxyl groups is 2. The average Bonchev–Trinajstić information content (AvgIpc) is 3.08. The summed E-state index contributed by atoms with van der Waals surface area (Å²) in [6.45, 7) is 0. The van der Waals surface area contributed by atoms with Crippen molar-refractivity contribution in [2.24, 2.45) is 5.10 Å². The van der Waals surface area contributed by atoms with Crippen LogP contribution in [0.25, 0.3) is 11.6 Å². The lowest BCUT2D eigenvalue weighted by atomic mass is 10.2. The van der Waals surface area contributed by atoms with Crippen molar-refractivity contribution in [2.75, 3.05) is 0 Å². The summed E-state index contributed by atoms with van der Waals surface area (Å²) in [7, 11) is 0. The van der Waals surface area contributed by atoms with Gasteiger partial charge in [0, 0.05) is 11.6 Å². The Morgan fingerprint density at radius 3 is 2.90 bits per heavy atom. The summed E-state index contributed by atoms with van der Waals surface area (Å²) < 4.78 is 6.92. The van der Waals surface area contributed by atoms with Crippen molar-refractivity contribution in [2.45, 2.75) is 0 Å². The van der Waals surface area contributed by atoms with Crippen LogP contribution in [0.5, 0.6) is 11.5 Å². The standard InChI is InChI=1S/C13H10N4O3S/c18-9-4-3-8(10(19)6-9)7-14-17-12(15-16-13(17)21)11-2-1-5-20-11/h1-7,18-19H,(H,16,21)/b14-7-. The van der Waals surface area contributed by atoms with Crippen molar-refractivity contribution in [3.63, 3.8) is 0 Å². The molecule has 0 saturated carbocycles. The second-order valence-electron chi connectivity index (χ2n) is 4.13. The summed E-state index contributed by atoms with van der Waals surface area (Å²) in [6.07, 6.45) is 2.93. The van der Waals surface area contributed by atoms with Crippen molar-refractivity contribution in [1.82, 2.24) is 14.9 Å². The number of aromatic nitrogens is 3. The smallest absolute Gasteiger partial charge is 0.219 e. The van der Waals surface area contributed by atoms with Gasteiger partial charge < -0.3 is 14.6 Å². The minimum Gasteiger partial charge on any atom is -0.508 e. The summed E-state index contributed by atoms with van der Waals surface area (Å²) in [5.41, 5.74) is 0.432. The van der Waals surface area contributed by atoms with Crippen molar-refractivity contribution < 1.29 is 14.6 Å². The minimum atomic E-state index is -0.0895. The molecule has 0 aliphatic heterocycles. The Kier molecular flexibility index (Phi) is 3.28. The fourth-order valence-electron chi connectivity index (χ4n) is 1.73. The first-order valence-corrected chi connectivity index (χ1v) is 6.33. The van der Waals surface area contributed by atoms with E-state index in [9.17, 15) is 10.2 Å². The molecular weight excluding hydrogens is 292 g/mol. The number of H-pyrrole nitrogens is 1. The zero-order valence-electron chi connectivity index (χ0n) is 10.6. The molecule has 0 unspecified atom stereocenters. The van der Waals surface area contributed by atoms with Gasteiger partial charge >= 0.3 is 0 Å². The maximum Gasteiger partial charge on any atom is 0.219 e. The number of phenolic OH excluding ortho intramolecular Hbond substituents is 2. The van der Waals surface area contributed by atoms with Gasteiger partial charge in [-0.25, -0.2) is 5.10 Å². The number of nitrogens with one attached hydrogen (secondary N) is 1. The van der Waals surface area contributed by atoms with Crippen molar-refractivity contribution in [1.29, 1.82) is 0 Å². The summed E-state index contributed by atoms with van der Waals surface area (Å²) in [4.78, 5) is 0. The van der Waals surface area contributed by atoms with E-state index in [0.29, 0.717) is 17.1 Å². The molecule has 0 radical (unpaired) electrons. The predicted molar refractivity (Wildman–Crippen MR) is 77.9 cm³/mol. The van der Waals surface area contributed by atoms with E-state index in [4.69, 9.17) is 16.6 Å². The second kappa shape index (κ2) is 5.25. The molecule has 3 N–H and O–H groups in total. The van der Waals surface area contributed by atoms with Crippen LogP contribution in [0.1, 0.15) is 5.56 Å². The quantitative estimate of drug-likeness (QED) is 0.510. The Balaban J connectivity index is 2.00. The summed E-state index contributed by atoms with van der Waals surface area (Å²) in [5.74, 6) is 0.808. The van der Waals surface area contributed by atoms with E-state index in [0.717, 1.165) is 0 Å². The lowest BCUT2D eigenvalue weighted by Gasteiger charge is -2.00. The number of phenols is 2. The van der Waals surface area contributed by atoms with Gasteiger partial charge in [0.1, 0.15) is 11.5 Å². The highest BCUT2D eigenvalue weighted by Gasteiger charge is 2.10. The molecule has 8 heteroatoms. The first-order valence-electron chi connectivity index (χ1n) is 5.93. The number of hydrogen-bond acceptors (Lipinski definition) is 6. The zero-order valence-corrected chi connectivity index (χ0v) is 11.4. The fourth-order valence-corrected chi connectivity index (χ4v) is 1.90. The zero-order chi connectivity index (χ0) is 14.8. The maximum atomic E-state index is 9.71. The van der Waals surface area contributed by atoms with Crippen LogP contribution in [0, 0.1) is 4.77 Å². The molecule has 21 heavy (non-hydrogen) atoms. The Hall–Kier alpha value is -2.87. The molecule has 0 amide bonds. The van der Waals surface area contributed by atoms with Gasteiger partial charge in [0.15, 0.2) is 5.76 Å². The van der Waals surface area contributed by atoms with E-state index in [1.54, 1.807) is 12.1 Å². The number of hydrogen-bond donors (Lipinski definition) is 3. The monoisotopic (exact) mass is 302 g/mol. The van der Waals surface area contributed by atoms with Crippen LogP contribution >= 0.6 is 12.2 Å². The third-order valence-electron chi connectivity index (χ3n) is 2.72. The molecule has 3 rings (SSSR count). The first-order chi connectivity index (χ1) is 10.1. The van der Waals surface area contributed by atoms with E-state index in [-0.39, 0.29) is 16.3 Å². The third-order valence-corrected chi connectivity index (χ3v) is 2.98. The largest absolute Gasteiger partial charge is 0.508 e. The Labute approximate surface area is 123 Å². The third kappa shape index (κ3) is 2.56. The highest BCUT2D eigenvalue weighted by Crippen LogP contribution is 2.21. The molecule has 0 aliphatic rings. The first kappa shape index (κ1) is 13.1. The Morgan fingerprint density at radius 2 is 2.19 bits per heavy atom. The highest BCUT2D eigenvalue weighted by molar-refractivity contribution is 7.71. The number of rotatable bonds is 3. The van der Waals surface area contributed by atoms with Gasteiger partial charge in [0.05, 0.1) is 12.5 Å². The molecule has 7 nitrogen and oxygen atoms in total. The molecule has 0 atom stereocenters. The van der Waals surface area contributed by atoms with Crippen LogP contribution in [0.15, 0.2) is 46.1 Å². The Bertz CT molecular complexity index is 849. The van der Waals surface area contributed by atoms with Gasteiger partial charge in [0.2, 0.25) is 10.6 Å². The molecule has 0 bridgehead atoms. The normalized spacial score (nSPS) is 11.2. The molecule has 1 aromatic carbocycles. The average molecular weight is 302 g/mol. The highest BCUT2D eigenvalue weighted by atomic mass is 32.1. The molecule has 0 saturated heterocycles. The van der Waals surface area contributed by atoms with Crippen LogP contribution in [0.2, 0.25) is 0 Å². The molecule has 0 aliphatic carbocycles. The summed E-state index contributed by atoms with van der Waals surface area (Å²) in [6, 6.07) is 7.67. The lowest BCUT2D eigenvalue weighted by Crippen LogP contribution is -1.94. The lowest BCUT2D eigenvalue weighted by molar-refractivity contribution is 0.450. The van der Waals surface area contributed by atoms with Crippen LogP contribution in [-0.4, -0.2) is 31.3 Å². The van der Waals surface area contributed by atoms with E-state index in [1.807, 2.05) is 0 Å². The number of furan rings is 1. The molecule has 2 aromatic heterocycles. The SMILES string of the molecule is Oc1ccc(/C=N\n2c(-c3ccco3)n[nH]c2=S)c(O)c1. The molecule has 3 aromatic rings. The van der Waals surface area contributed by atoms with Gasteiger partial charge in [-0.3, -0.25) is 0 Å². The van der Waals surface area contributed by atoms with E-state index in [1.165, 1.54) is 35.4 Å². The number of nitrogens with zero attached hydrogens (tertiary/aromatic N) is 3. The molecule has 106 valence electrons. The predicted octanol–water partition coefficient (Wildman–Crippen LogP) is 2.49. The van der Waals surface area contributed by atoms with Gasteiger partial charge in [-0.1, -0.05) is 0 Å². The Morgan fingerprint density at radius 1 is 1.33 bits per heavy atom. The fraction of sp³-hybridized carbons (Fsp3) is 0. The van der Waals surface area contributed by atoms with Gasteiger partial charge in [0.25, 0.3) is 0 Å². The van der Waals surface area contributed by atoms with Crippen LogP contribution in [0.4, 0.5) is 0 Å². The van der Waals surface area contributed by atoms with Crippen molar-refractivity contribution in [3.05, 3.63) is 46.9 Å². The van der Waals surface area contributed by atoms with E-state index >= 15 is 0 Å². The van der Waals surface area contributed by atoms with Crippen LogP contribution in [0.3, 0.4) is 0 Å². The van der Waals surface area contributed by atoms with Crippen molar-refractivity contribution in [3.8, 4) is 23.1 Å². The summed E-state index contributed by atoms with van der Waals surface area (Å²) in [5, 5.41) is 29.8. The minimum absolute atomic E-state index is 0.0270. The topological polar surface area (TPSA) is 99.6 Å². The van der Waals surface area contributed by atoms with Gasteiger partial charge in [-0.05, 0) is 36.5 Å². The van der Waals surface area contributed by atoms with E-state index < -0.39 is 0 Å². The molecular formula is C13H10N4O3S. The number of aromatic amines is 1. The molecule has 0 spiro atoms.